The zero-order valence-electron chi connectivity index (χ0n) is 22.3. The van der Waals surface area contributed by atoms with Gasteiger partial charge in [-0.05, 0) is 61.5 Å². The van der Waals surface area contributed by atoms with Crippen LogP contribution in [-0.4, -0.2) is 44.8 Å². The number of carbonyl (C=O) groups is 1. The molecule has 0 aliphatic heterocycles. The molecule has 1 heterocycles. The van der Waals surface area contributed by atoms with E-state index in [0.717, 1.165) is 6.07 Å². The first kappa shape index (κ1) is 29.2. The van der Waals surface area contributed by atoms with Crippen LogP contribution in [0.5, 0.6) is 0 Å². The van der Waals surface area contributed by atoms with Crippen LogP contribution in [0, 0.1) is 18.7 Å². The number of fused-ring (bicyclic) bond motifs is 1. The van der Waals surface area contributed by atoms with Gasteiger partial charge in [0.1, 0.15) is 16.4 Å². The fourth-order valence-corrected chi connectivity index (χ4v) is 5.08. The van der Waals surface area contributed by atoms with Gasteiger partial charge in [-0.3, -0.25) is 18.9 Å². The van der Waals surface area contributed by atoms with Crippen molar-refractivity contribution in [3.05, 3.63) is 87.7 Å². The van der Waals surface area contributed by atoms with Crippen molar-refractivity contribution in [1.29, 1.82) is 0 Å². The number of halogens is 1. The molecular formula is C27H30FN5O5S. The van der Waals surface area contributed by atoms with Crippen LogP contribution in [0.3, 0.4) is 0 Å². The van der Waals surface area contributed by atoms with Crippen LogP contribution in [-0.2, 0) is 26.1 Å². The number of nitrogens with zero attached hydrogens (tertiary/aromatic N) is 3. The lowest BCUT2D eigenvalue weighted by Crippen LogP contribution is -2.32. The van der Waals surface area contributed by atoms with Gasteiger partial charge in [-0.2, -0.15) is 0 Å². The summed E-state index contributed by atoms with van der Waals surface area (Å²) in [6.07, 6.45) is 2.84. The highest BCUT2D eigenvalue weighted by Gasteiger charge is 2.23. The van der Waals surface area contributed by atoms with Gasteiger partial charge in [0, 0.05) is 13.6 Å². The second-order valence-electron chi connectivity index (χ2n) is 8.85. The molecule has 0 radical (unpaired) electrons. The highest BCUT2D eigenvalue weighted by Crippen LogP contribution is 2.23. The van der Waals surface area contributed by atoms with E-state index in [-0.39, 0.29) is 35.2 Å². The number of hydrogen-bond donors (Lipinski definition) is 2. The molecule has 10 nitrogen and oxygen atoms in total. The van der Waals surface area contributed by atoms with Crippen molar-refractivity contribution in [2.75, 3.05) is 14.2 Å². The second-order valence-corrected chi connectivity index (χ2v) is 10.5. The molecule has 0 spiro atoms. The van der Waals surface area contributed by atoms with Crippen LogP contribution >= 0.6 is 0 Å². The van der Waals surface area contributed by atoms with E-state index in [1.165, 1.54) is 50.2 Å². The molecule has 2 aromatic carbocycles. The fourth-order valence-electron chi connectivity index (χ4n) is 3.88. The summed E-state index contributed by atoms with van der Waals surface area (Å²) in [4.78, 5) is 32.6. The molecule has 1 atom stereocenters. The largest absolute Gasteiger partial charge is 0.480 e. The molecule has 0 bridgehead atoms. The second kappa shape index (κ2) is 12.0. The van der Waals surface area contributed by atoms with Crippen LogP contribution in [0.25, 0.3) is 16.5 Å². The zero-order valence-corrected chi connectivity index (χ0v) is 23.1. The Morgan fingerprint density at radius 2 is 2.03 bits per heavy atom. The normalized spacial score (nSPS) is 13.4. The van der Waals surface area contributed by atoms with Gasteiger partial charge in [-0.1, -0.05) is 25.1 Å². The van der Waals surface area contributed by atoms with E-state index in [4.69, 9.17) is 4.74 Å². The first-order valence-corrected chi connectivity index (χ1v) is 13.3. The van der Waals surface area contributed by atoms with E-state index < -0.39 is 26.7 Å². The third-order valence-electron chi connectivity index (χ3n) is 6.06. The zero-order chi connectivity index (χ0) is 28.9. The average Bonchev–Trinajstić information content (AvgIpc) is 2.91. The number of aryl methyl sites for hydroxylation is 1. The quantitative estimate of drug-likeness (QED) is 0.225. The third-order valence-corrected chi connectivity index (χ3v) is 7.45. The summed E-state index contributed by atoms with van der Waals surface area (Å²) < 4.78 is 49.7. The number of rotatable bonds is 10. The SMILES string of the molecule is C=N/C(OC)=C(\C=C(/C)c1ccc2ncn(CC(C)C(=O)NC)c(=O)c2c1)NS(=O)(=O)c1cccc(C)c1F. The monoisotopic (exact) mass is 555 g/mol. The molecule has 3 aromatic rings. The number of allylic oxidation sites excluding steroid dienone is 2. The van der Waals surface area contributed by atoms with Crippen molar-refractivity contribution >= 4 is 39.1 Å². The van der Waals surface area contributed by atoms with Gasteiger partial charge < -0.3 is 10.1 Å². The summed E-state index contributed by atoms with van der Waals surface area (Å²) in [5.41, 5.74) is 1.32. The van der Waals surface area contributed by atoms with E-state index in [1.807, 2.05) is 0 Å². The molecule has 0 aliphatic carbocycles. The number of aliphatic imine (C=N–C) groups is 1. The van der Waals surface area contributed by atoms with Crippen molar-refractivity contribution in [3.63, 3.8) is 0 Å². The number of sulfonamides is 1. The van der Waals surface area contributed by atoms with Gasteiger partial charge in [0.25, 0.3) is 15.6 Å². The van der Waals surface area contributed by atoms with Crippen LogP contribution in [0.15, 0.2) is 75.1 Å². The molecule has 0 aliphatic rings. The lowest BCUT2D eigenvalue weighted by atomic mass is 10.0. The Hall–Kier alpha value is -4.32. The standard InChI is InChI=1S/C27H30FN5O5S/c1-16-8-7-9-23(24(16)28)39(36,37)32-22(26(30-5)38-6)12-17(2)19-10-11-21-20(13-19)27(35)33(15-31-21)14-18(3)25(34)29-4/h7-13,15,18,32H,5,14H2,1-4,6H3,(H,29,34)/b17-12+,26-22-. The van der Waals surface area contributed by atoms with Gasteiger partial charge >= 0.3 is 0 Å². The maximum absolute atomic E-state index is 14.6. The number of amides is 1. The van der Waals surface area contributed by atoms with Crippen LogP contribution < -0.4 is 15.6 Å². The van der Waals surface area contributed by atoms with E-state index in [2.05, 4.69) is 26.7 Å². The van der Waals surface area contributed by atoms with Gasteiger partial charge in [0.15, 0.2) is 0 Å². The van der Waals surface area contributed by atoms with Gasteiger partial charge in [-0.25, -0.2) is 22.8 Å². The molecule has 0 saturated carbocycles. The average molecular weight is 556 g/mol. The van der Waals surface area contributed by atoms with E-state index in [9.17, 15) is 22.4 Å². The fraction of sp³-hybridized carbons (Fsp3) is 0.259. The lowest BCUT2D eigenvalue weighted by Gasteiger charge is -2.14. The minimum atomic E-state index is -4.36. The maximum Gasteiger partial charge on any atom is 0.265 e. The maximum atomic E-state index is 14.6. The highest BCUT2D eigenvalue weighted by molar-refractivity contribution is 7.89. The molecule has 1 amide bonds. The summed E-state index contributed by atoms with van der Waals surface area (Å²) in [6, 6.07) is 9.05. The Balaban J connectivity index is 2.06. The number of hydrogen-bond acceptors (Lipinski definition) is 7. The Bertz CT molecular complexity index is 1660. The molecule has 206 valence electrons. The predicted molar refractivity (Wildman–Crippen MR) is 148 cm³/mol. The van der Waals surface area contributed by atoms with Gasteiger partial charge in [-0.15, -0.1) is 0 Å². The Kier molecular flexibility index (Phi) is 9.02. The number of benzene rings is 2. The van der Waals surface area contributed by atoms with Crippen molar-refractivity contribution < 1.29 is 22.3 Å². The van der Waals surface area contributed by atoms with Crippen LogP contribution in [0.1, 0.15) is 25.0 Å². The molecule has 0 fully saturated rings. The molecule has 1 unspecified atom stereocenters. The summed E-state index contributed by atoms with van der Waals surface area (Å²) in [7, 11) is -1.55. The van der Waals surface area contributed by atoms with E-state index in [0.29, 0.717) is 22.0 Å². The van der Waals surface area contributed by atoms with Gasteiger partial charge in [0.05, 0.1) is 30.3 Å². The predicted octanol–water partition coefficient (Wildman–Crippen LogP) is 3.12. The molecule has 39 heavy (non-hydrogen) atoms. The number of nitrogens with one attached hydrogen (secondary N) is 2. The summed E-state index contributed by atoms with van der Waals surface area (Å²) in [6.45, 7) is 8.43. The lowest BCUT2D eigenvalue weighted by molar-refractivity contribution is -0.124. The minimum absolute atomic E-state index is 0.0889. The number of aromatic nitrogens is 2. The van der Waals surface area contributed by atoms with Crippen molar-refractivity contribution in [3.8, 4) is 0 Å². The van der Waals surface area contributed by atoms with Gasteiger partial charge in [0.2, 0.25) is 11.8 Å². The van der Waals surface area contributed by atoms with Crippen molar-refractivity contribution in [2.45, 2.75) is 32.2 Å². The first-order valence-electron chi connectivity index (χ1n) is 11.9. The number of methoxy groups -OCH3 is 1. The highest BCUT2D eigenvalue weighted by atomic mass is 32.2. The Morgan fingerprint density at radius 3 is 2.67 bits per heavy atom. The first-order chi connectivity index (χ1) is 18.4. The number of ether oxygens (including phenoxy) is 1. The molecular weight excluding hydrogens is 525 g/mol. The van der Waals surface area contributed by atoms with Crippen LogP contribution in [0.2, 0.25) is 0 Å². The third kappa shape index (κ3) is 6.40. The van der Waals surface area contributed by atoms with Crippen molar-refractivity contribution in [1.82, 2.24) is 19.6 Å². The van der Waals surface area contributed by atoms with Crippen molar-refractivity contribution in [2.24, 2.45) is 10.9 Å². The molecule has 12 heteroatoms. The minimum Gasteiger partial charge on any atom is -0.480 e. The summed E-state index contributed by atoms with van der Waals surface area (Å²) in [5, 5.41) is 2.87. The molecule has 0 saturated heterocycles. The smallest absolute Gasteiger partial charge is 0.265 e. The summed E-state index contributed by atoms with van der Waals surface area (Å²) >= 11 is 0. The van der Waals surface area contributed by atoms with Crippen LogP contribution in [0.4, 0.5) is 4.39 Å². The van der Waals surface area contributed by atoms with E-state index >= 15 is 0 Å². The Morgan fingerprint density at radius 1 is 1.31 bits per heavy atom. The van der Waals surface area contributed by atoms with E-state index in [1.54, 1.807) is 32.0 Å². The molecule has 1 aromatic heterocycles. The molecule has 3 rings (SSSR count). The Labute approximate surface area is 226 Å². The summed E-state index contributed by atoms with van der Waals surface area (Å²) in [5.74, 6) is -1.67. The number of carbonyl (C=O) groups excluding carboxylic acids is 1. The topological polar surface area (TPSA) is 132 Å². The molecule has 2 N–H and O–H groups in total.